The van der Waals surface area contributed by atoms with E-state index in [-0.39, 0.29) is 23.6 Å². The molecule has 5 nitrogen and oxygen atoms in total. The summed E-state index contributed by atoms with van der Waals surface area (Å²) < 4.78 is 5.25. The Bertz CT molecular complexity index is 965. The van der Waals surface area contributed by atoms with Gasteiger partial charge in [-0.15, -0.1) is 11.8 Å². The number of carbonyl (C=O) groups is 2. The van der Waals surface area contributed by atoms with Gasteiger partial charge in [-0.05, 0) is 54.7 Å². The zero-order valence-electron chi connectivity index (χ0n) is 19.7. The highest BCUT2D eigenvalue weighted by atomic mass is 35.5. The van der Waals surface area contributed by atoms with Gasteiger partial charge in [0.15, 0.2) is 0 Å². The Morgan fingerprint density at radius 3 is 2.38 bits per heavy atom. The first kappa shape index (κ1) is 26.7. The minimum atomic E-state index is -0.513. The molecule has 3 rings (SSSR count). The lowest BCUT2D eigenvalue weighted by Gasteiger charge is -2.31. The maximum Gasteiger partial charge on any atom is 0.243 e. The highest BCUT2D eigenvalue weighted by molar-refractivity contribution is 7.99. The van der Waals surface area contributed by atoms with E-state index >= 15 is 0 Å². The molecule has 2 aromatic carbocycles. The smallest absolute Gasteiger partial charge is 0.243 e. The average Bonchev–Trinajstić information content (AvgIpc) is 3.34. The number of methoxy groups -OCH3 is 1. The molecule has 8 heteroatoms. The molecule has 2 amide bonds. The molecule has 0 aromatic heterocycles. The topological polar surface area (TPSA) is 58.6 Å². The molecule has 0 aliphatic heterocycles. The van der Waals surface area contributed by atoms with Gasteiger partial charge in [0.1, 0.15) is 11.8 Å². The predicted molar refractivity (Wildman–Crippen MR) is 141 cm³/mol. The number of rotatable bonds is 11. The zero-order valence-corrected chi connectivity index (χ0v) is 22.0. The van der Waals surface area contributed by atoms with Crippen LogP contribution in [0.25, 0.3) is 0 Å². The van der Waals surface area contributed by atoms with Gasteiger partial charge in [-0.1, -0.05) is 61.2 Å². The van der Waals surface area contributed by atoms with Crippen molar-refractivity contribution in [1.29, 1.82) is 0 Å². The first-order valence-electron chi connectivity index (χ1n) is 11.7. The van der Waals surface area contributed by atoms with Crippen LogP contribution in [0.5, 0.6) is 5.75 Å². The summed E-state index contributed by atoms with van der Waals surface area (Å²) in [4.78, 5) is 28.3. The van der Waals surface area contributed by atoms with Gasteiger partial charge in [0.05, 0.1) is 22.9 Å². The standard InChI is InChI=1S/C26H32Cl2N2O3S/c1-3-24(26(32)29-20-6-4-5-7-20)30(15-18-8-11-21(33-2)12-9-18)25(31)17-34-16-19-10-13-22(27)23(28)14-19/h8-14,20,24H,3-7,15-17H2,1-2H3,(H,29,32)/t24-/m0/s1. The molecule has 0 saturated heterocycles. The van der Waals surface area contributed by atoms with Crippen molar-refractivity contribution in [3.05, 3.63) is 63.6 Å². The summed E-state index contributed by atoms with van der Waals surface area (Å²) in [7, 11) is 1.62. The SMILES string of the molecule is CC[C@@H](C(=O)NC1CCCC1)N(Cc1ccc(OC)cc1)C(=O)CSCc1ccc(Cl)c(Cl)c1. The van der Waals surface area contributed by atoms with Crippen LogP contribution in [-0.2, 0) is 21.9 Å². The summed E-state index contributed by atoms with van der Waals surface area (Å²) in [6, 6.07) is 12.8. The maximum atomic E-state index is 13.4. The van der Waals surface area contributed by atoms with Crippen molar-refractivity contribution in [3.63, 3.8) is 0 Å². The first-order valence-corrected chi connectivity index (χ1v) is 13.6. The molecule has 0 heterocycles. The molecule has 1 N–H and O–H groups in total. The molecule has 1 aliphatic carbocycles. The van der Waals surface area contributed by atoms with Crippen molar-refractivity contribution in [2.24, 2.45) is 0 Å². The lowest BCUT2D eigenvalue weighted by Crippen LogP contribution is -2.51. The molecule has 0 radical (unpaired) electrons. The third kappa shape index (κ3) is 7.56. The lowest BCUT2D eigenvalue weighted by atomic mass is 10.1. The Kier molecular flexibility index (Phi) is 10.4. The Balaban J connectivity index is 1.70. The van der Waals surface area contributed by atoms with Gasteiger partial charge < -0.3 is 15.0 Å². The van der Waals surface area contributed by atoms with Gasteiger partial charge in [-0.3, -0.25) is 9.59 Å². The summed E-state index contributed by atoms with van der Waals surface area (Å²) in [5.41, 5.74) is 1.95. The summed E-state index contributed by atoms with van der Waals surface area (Å²) in [6.07, 6.45) is 4.85. The van der Waals surface area contributed by atoms with Gasteiger partial charge >= 0.3 is 0 Å². The van der Waals surface area contributed by atoms with E-state index < -0.39 is 6.04 Å². The number of nitrogens with one attached hydrogen (secondary N) is 1. The number of benzene rings is 2. The highest BCUT2D eigenvalue weighted by Crippen LogP contribution is 2.25. The summed E-state index contributed by atoms with van der Waals surface area (Å²) in [5.74, 6) is 1.53. The first-order chi connectivity index (χ1) is 16.4. The van der Waals surface area contributed by atoms with Gasteiger partial charge in [-0.2, -0.15) is 0 Å². The second-order valence-electron chi connectivity index (χ2n) is 8.52. The molecule has 34 heavy (non-hydrogen) atoms. The fourth-order valence-electron chi connectivity index (χ4n) is 4.18. The average molecular weight is 524 g/mol. The van der Waals surface area contributed by atoms with Crippen LogP contribution in [0.2, 0.25) is 10.0 Å². The van der Waals surface area contributed by atoms with Crippen LogP contribution in [0.4, 0.5) is 0 Å². The fraction of sp³-hybridized carbons (Fsp3) is 0.462. The minimum Gasteiger partial charge on any atom is -0.497 e. The van der Waals surface area contributed by atoms with E-state index in [1.165, 1.54) is 11.8 Å². The van der Waals surface area contributed by atoms with Crippen molar-refractivity contribution in [2.75, 3.05) is 12.9 Å². The molecular weight excluding hydrogens is 491 g/mol. The van der Waals surface area contributed by atoms with E-state index in [0.29, 0.717) is 28.8 Å². The van der Waals surface area contributed by atoms with E-state index in [1.807, 2.05) is 43.3 Å². The lowest BCUT2D eigenvalue weighted by molar-refractivity contribution is -0.139. The van der Waals surface area contributed by atoms with Crippen LogP contribution in [-0.4, -0.2) is 41.7 Å². The van der Waals surface area contributed by atoms with Gasteiger partial charge in [0.25, 0.3) is 0 Å². The largest absolute Gasteiger partial charge is 0.497 e. The predicted octanol–water partition coefficient (Wildman–Crippen LogP) is 6.10. The Morgan fingerprint density at radius 1 is 1.09 bits per heavy atom. The number of halogens is 2. The number of hydrogen-bond acceptors (Lipinski definition) is 4. The Morgan fingerprint density at radius 2 is 1.76 bits per heavy atom. The summed E-state index contributed by atoms with van der Waals surface area (Å²) in [5, 5.41) is 4.19. The fourth-order valence-corrected chi connectivity index (χ4v) is 5.36. The van der Waals surface area contributed by atoms with Crippen LogP contribution in [0, 0.1) is 0 Å². The van der Waals surface area contributed by atoms with Crippen molar-refractivity contribution < 1.29 is 14.3 Å². The van der Waals surface area contributed by atoms with E-state index in [4.69, 9.17) is 27.9 Å². The molecule has 2 aromatic rings. The van der Waals surface area contributed by atoms with E-state index in [2.05, 4.69) is 5.32 Å². The van der Waals surface area contributed by atoms with Crippen molar-refractivity contribution >= 4 is 46.8 Å². The van der Waals surface area contributed by atoms with E-state index in [1.54, 1.807) is 18.1 Å². The molecule has 0 bridgehead atoms. The van der Waals surface area contributed by atoms with Crippen molar-refractivity contribution in [1.82, 2.24) is 10.2 Å². The summed E-state index contributed by atoms with van der Waals surface area (Å²) in [6.45, 7) is 2.32. The van der Waals surface area contributed by atoms with E-state index in [0.717, 1.165) is 42.6 Å². The van der Waals surface area contributed by atoms with Crippen LogP contribution >= 0.6 is 35.0 Å². The molecule has 184 valence electrons. The molecule has 0 spiro atoms. The second kappa shape index (κ2) is 13.3. The molecule has 1 atom stereocenters. The van der Waals surface area contributed by atoms with E-state index in [9.17, 15) is 9.59 Å². The zero-order chi connectivity index (χ0) is 24.5. The quantitative estimate of drug-likeness (QED) is 0.387. The molecule has 0 unspecified atom stereocenters. The molecule has 1 saturated carbocycles. The summed E-state index contributed by atoms with van der Waals surface area (Å²) >= 11 is 13.6. The van der Waals surface area contributed by atoms with Crippen LogP contribution in [0.3, 0.4) is 0 Å². The number of amides is 2. The monoisotopic (exact) mass is 522 g/mol. The number of ether oxygens (including phenoxy) is 1. The molecular formula is C26H32Cl2N2O3S. The van der Waals surface area contributed by atoms with Crippen molar-refractivity contribution in [3.8, 4) is 5.75 Å². The van der Waals surface area contributed by atoms with Gasteiger partial charge in [0.2, 0.25) is 11.8 Å². The number of nitrogens with zero attached hydrogens (tertiary/aromatic N) is 1. The highest BCUT2D eigenvalue weighted by Gasteiger charge is 2.30. The minimum absolute atomic E-state index is 0.0608. The van der Waals surface area contributed by atoms with Crippen LogP contribution in [0.15, 0.2) is 42.5 Å². The third-order valence-corrected chi connectivity index (χ3v) is 7.81. The Hall–Kier alpha value is -1.89. The molecule has 1 fully saturated rings. The number of thioether (sulfide) groups is 1. The number of hydrogen-bond donors (Lipinski definition) is 1. The van der Waals surface area contributed by atoms with Gasteiger partial charge in [0, 0.05) is 18.3 Å². The van der Waals surface area contributed by atoms with Gasteiger partial charge in [-0.25, -0.2) is 0 Å². The van der Waals surface area contributed by atoms with Crippen molar-refractivity contribution in [2.45, 2.75) is 63.4 Å². The normalized spacial score (nSPS) is 14.6. The van der Waals surface area contributed by atoms with Crippen LogP contribution in [0.1, 0.15) is 50.2 Å². The second-order valence-corrected chi connectivity index (χ2v) is 10.3. The third-order valence-electron chi connectivity index (χ3n) is 6.08. The maximum absolute atomic E-state index is 13.4. The van der Waals surface area contributed by atoms with Crippen LogP contribution < -0.4 is 10.1 Å². The Labute approximate surface area is 216 Å². The molecule has 1 aliphatic rings. The number of carbonyl (C=O) groups excluding carboxylic acids is 2.